The molecular formula is C14H23N3O3. The fourth-order valence-electron chi connectivity index (χ4n) is 2.65. The second-order valence-electron chi connectivity index (χ2n) is 5.44. The van der Waals surface area contributed by atoms with Crippen molar-refractivity contribution in [2.75, 3.05) is 20.2 Å². The number of likely N-dealkylation sites (tertiary alicyclic amines) is 1. The Morgan fingerprint density at radius 3 is 3.05 bits per heavy atom. The standard InChI is InChI=1S/C14H23N3O3/c1-9-4-5-17(8-13(9)19-3)7-11-6-12(14(18)16-15)20-10(11)2/h6,9,13H,4-5,7-8,15H2,1-3H3,(H,16,18). The number of carbonyl (C=O) groups is 1. The number of furan rings is 1. The molecule has 0 bridgehead atoms. The Bertz CT molecular complexity index is 472. The van der Waals surface area contributed by atoms with E-state index in [1.807, 2.05) is 6.92 Å². The highest BCUT2D eigenvalue weighted by molar-refractivity contribution is 5.91. The molecule has 1 aromatic rings. The molecular weight excluding hydrogens is 258 g/mol. The van der Waals surface area contributed by atoms with Gasteiger partial charge in [-0.05, 0) is 31.9 Å². The minimum absolute atomic E-state index is 0.258. The first-order chi connectivity index (χ1) is 9.55. The summed E-state index contributed by atoms with van der Waals surface area (Å²) in [6.45, 7) is 6.78. The molecule has 6 nitrogen and oxygen atoms in total. The SMILES string of the molecule is COC1CN(Cc2cc(C(=O)NN)oc2C)CCC1C. The smallest absolute Gasteiger partial charge is 0.300 e. The van der Waals surface area contributed by atoms with Crippen LogP contribution in [0, 0.1) is 12.8 Å². The molecule has 20 heavy (non-hydrogen) atoms. The van der Waals surface area contributed by atoms with Crippen LogP contribution in [0.5, 0.6) is 0 Å². The van der Waals surface area contributed by atoms with Gasteiger partial charge in [-0.2, -0.15) is 0 Å². The lowest BCUT2D eigenvalue weighted by Gasteiger charge is -2.36. The third-order valence-electron chi connectivity index (χ3n) is 4.05. The third kappa shape index (κ3) is 3.20. The molecule has 2 heterocycles. The van der Waals surface area contributed by atoms with Gasteiger partial charge in [-0.3, -0.25) is 15.1 Å². The average molecular weight is 281 g/mol. The highest BCUT2D eigenvalue weighted by Gasteiger charge is 2.26. The normalized spacial score (nSPS) is 23.8. The van der Waals surface area contributed by atoms with Crippen LogP contribution in [-0.4, -0.2) is 37.1 Å². The number of aryl methyl sites for hydroxylation is 1. The molecule has 0 radical (unpaired) electrons. The van der Waals surface area contributed by atoms with Crippen LogP contribution in [0.2, 0.25) is 0 Å². The lowest BCUT2D eigenvalue weighted by Crippen LogP contribution is -2.43. The minimum atomic E-state index is -0.401. The van der Waals surface area contributed by atoms with Gasteiger partial charge in [-0.15, -0.1) is 0 Å². The Labute approximate surface area is 119 Å². The highest BCUT2D eigenvalue weighted by atomic mass is 16.5. The van der Waals surface area contributed by atoms with Gasteiger partial charge in [0.05, 0.1) is 6.10 Å². The van der Waals surface area contributed by atoms with E-state index in [2.05, 4.69) is 17.2 Å². The van der Waals surface area contributed by atoms with Gasteiger partial charge >= 0.3 is 5.91 Å². The summed E-state index contributed by atoms with van der Waals surface area (Å²) in [4.78, 5) is 13.8. The van der Waals surface area contributed by atoms with E-state index in [9.17, 15) is 4.79 Å². The maximum absolute atomic E-state index is 11.4. The van der Waals surface area contributed by atoms with Crippen LogP contribution in [0.15, 0.2) is 10.5 Å². The summed E-state index contributed by atoms with van der Waals surface area (Å²) in [6.07, 6.45) is 1.38. The second kappa shape index (κ2) is 6.39. The largest absolute Gasteiger partial charge is 0.456 e. The predicted octanol–water partition coefficient (Wildman–Crippen LogP) is 1.05. The van der Waals surface area contributed by atoms with Crippen molar-refractivity contribution in [2.45, 2.75) is 32.9 Å². The van der Waals surface area contributed by atoms with Crippen molar-refractivity contribution in [2.24, 2.45) is 11.8 Å². The van der Waals surface area contributed by atoms with Crippen LogP contribution in [0.4, 0.5) is 0 Å². The number of ether oxygens (including phenoxy) is 1. The van der Waals surface area contributed by atoms with E-state index in [0.29, 0.717) is 5.92 Å². The van der Waals surface area contributed by atoms with Gasteiger partial charge in [0.2, 0.25) is 0 Å². The van der Waals surface area contributed by atoms with Gasteiger partial charge in [0.1, 0.15) is 5.76 Å². The average Bonchev–Trinajstić information content (AvgIpc) is 2.81. The fraction of sp³-hybridized carbons (Fsp3) is 0.643. The number of piperidine rings is 1. The Morgan fingerprint density at radius 1 is 1.65 bits per heavy atom. The van der Waals surface area contributed by atoms with Gasteiger partial charge in [-0.25, -0.2) is 5.84 Å². The zero-order valence-corrected chi connectivity index (χ0v) is 12.3. The number of amides is 1. The molecule has 6 heteroatoms. The Balaban J connectivity index is 2.03. The number of nitrogen functional groups attached to an aromatic ring is 1. The van der Waals surface area contributed by atoms with E-state index in [4.69, 9.17) is 15.0 Å². The van der Waals surface area contributed by atoms with E-state index >= 15 is 0 Å². The van der Waals surface area contributed by atoms with Crippen LogP contribution < -0.4 is 11.3 Å². The Morgan fingerprint density at radius 2 is 2.40 bits per heavy atom. The van der Waals surface area contributed by atoms with Crippen LogP contribution >= 0.6 is 0 Å². The Hall–Kier alpha value is -1.37. The fourth-order valence-corrected chi connectivity index (χ4v) is 2.65. The number of nitrogens with two attached hydrogens (primary N) is 1. The summed E-state index contributed by atoms with van der Waals surface area (Å²) in [5, 5.41) is 0. The molecule has 2 unspecified atom stereocenters. The lowest BCUT2D eigenvalue weighted by atomic mass is 9.95. The summed E-state index contributed by atoms with van der Waals surface area (Å²) in [7, 11) is 1.76. The quantitative estimate of drug-likeness (QED) is 0.490. The summed E-state index contributed by atoms with van der Waals surface area (Å²) in [6, 6.07) is 1.76. The lowest BCUT2D eigenvalue weighted by molar-refractivity contribution is -0.00755. The monoisotopic (exact) mass is 281 g/mol. The van der Waals surface area contributed by atoms with Crippen molar-refractivity contribution in [1.29, 1.82) is 0 Å². The molecule has 0 aliphatic carbocycles. The predicted molar refractivity (Wildman–Crippen MR) is 75.0 cm³/mol. The van der Waals surface area contributed by atoms with Crippen molar-refractivity contribution in [1.82, 2.24) is 10.3 Å². The van der Waals surface area contributed by atoms with E-state index in [-0.39, 0.29) is 11.9 Å². The minimum Gasteiger partial charge on any atom is -0.456 e. The molecule has 112 valence electrons. The highest BCUT2D eigenvalue weighted by Crippen LogP contribution is 2.23. The number of carbonyl (C=O) groups excluding carboxylic acids is 1. The topological polar surface area (TPSA) is 80.7 Å². The number of methoxy groups -OCH3 is 1. The van der Waals surface area contributed by atoms with Crippen LogP contribution in [0.1, 0.15) is 35.2 Å². The van der Waals surface area contributed by atoms with Crippen molar-refractivity contribution in [3.63, 3.8) is 0 Å². The molecule has 3 N–H and O–H groups in total. The summed E-state index contributed by atoms with van der Waals surface area (Å²) >= 11 is 0. The van der Waals surface area contributed by atoms with Gasteiger partial charge < -0.3 is 9.15 Å². The van der Waals surface area contributed by atoms with Crippen molar-refractivity contribution in [3.05, 3.63) is 23.2 Å². The van der Waals surface area contributed by atoms with Gasteiger partial charge in [0, 0.05) is 25.8 Å². The molecule has 0 saturated carbocycles. The first kappa shape index (κ1) is 15.0. The van der Waals surface area contributed by atoms with Gasteiger partial charge in [-0.1, -0.05) is 6.92 Å². The number of nitrogens with one attached hydrogen (secondary N) is 1. The summed E-state index contributed by atoms with van der Waals surface area (Å²) < 4.78 is 10.9. The molecule has 0 aromatic carbocycles. The first-order valence-corrected chi connectivity index (χ1v) is 6.90. The molecule has 1 fully saturated rings. The number of nitrogens with zero attached hydrogens (tertiary/aromatic N) is 1. The first-order valence-electron chi connectivity index (χ1n) is 6.90. The summed E-state index contributed by atoms with van der Waals surface area (Å²) in [5.74, 6) is 6.31. The number of hydrazine groups is 1. The molecule has 1 amide bonds. The molecule has 2 atom stereocenters. The third-order valence-corrected chi connectivity index (χ3v) is 4.05. The molecule has 1 aliphatic heterocycles. The Kier molecular flexibility index (Phi) is 4.80. The van der Waals surface area contributed by atoms with Crippen LogP contribution in [-0.2, 0) is 11.3 Å². The molecule has 1 saturated heterocycles. The van der Waals surface area contributed by atoms with Crippen molar-refractivity contribution < 1.29 is 13.9 Å². The molecule has 1 aliphatic rings. The molecule has 2 rings (SSSR count). The molecule has 0 spiro atoms. The number of hydrogen-bond acceptors (Lipinski definition) is 5. The number of hydrogen-bond donors (Lipinski definition) is 2. The maximum atomic E-state index is 11.4. The van der Waals surface area contributed by atoms with E-state index in [1.165, 1.54) is 0 Å². The van der Waals surface area contributed by atoms with Gasteiger partial charge in [0.25, 0.3) is 0 Å². The maximum Gasteiger partial charge on any atom is 0.300 e. The second-order valence-corrected chi connectivity index (χ2v) is 5.44. The molecule has 1 aromatic heterocycles. The zero-order valence-electron chi connectivity index (χ0n) is 12.3. The van der Waals surface area contributed by atoms with Crippen LogP contribution in [0.25, 0.3) is 0 Å². The van der Waals surface area contributed by atoms with Crippen molar-refractivity contribution >= 4 is 5.91 Å². The number of rotatable bonds is 4. The van der Waals surface area contributed by atoms with E-state index in [0.717, 1.165) is 37.4 Å². The van der Waals surface area contributed by atoms with Crippen LogP contribution in [0.3, 0.4) is 0 Å². The van der Waals surface area contributed by atoms with E-state index < -0.39 is 5.91 Å². The zero-order chi connectivity index (χ0) is 14.7. The van der Waals surface area contributed by atoms with Crippen molar-refractivity contribution in [3.8, 4) is 0 Å². The van der Waals surface area contributed by atoms with Gasteiger partial charge in [0.15, 0.2) is 5.76 Å². The summed E-state index contributed by atoms with van der Waals surface area (Å²) in [5.41, 5.74) is 3.10. The van der Waals surface area contributed by atoms with E-state index in [1.54, 1.807) is 13.2 Å².